The molecule has 0 saturated heterocycles. The van der Waals surface area contributed by atoms with Crippen molar-refractivity contribution in [3.05, 3.63) is 47.2 Å². The monoisotopic (exact) mass is 357 g/mol. The zero-order chi connectivity index (χ0) is 17.3. The highest BCUT2D eigenvalue weighted by atomic mass is 35.5. The van der Waals surface area contributed by atoms with Gasteiger partial charge in [0.25, 0.3) is 0 Å². The summed E-state index contributed by atoms with van der Waals surface area (Å²) in [6.07, 6.45) is -2.27. The van der Waals surface area contributed by atoms with Crippen molar-refractivity contribution in [2.24, 2.45) is 0 Å². The van der Waals surface area contributed by atoms with E-state index in [1.807, 2.05) is 0 Å². The third kappa shape index (κ3) is 3.15. The third-order valence-corrected chi connectivity index (χ3v) is 3.53. The molecule has 0 bridgehead atoms. The number of aliphatic hydroxyl groups excluding tert-OH is 1. The van der Waals surface area contributed by atoms with Crippen LogP contribution in [0.4, 0.5) is 13.2 Å². The minimum absolute atomic E-state index is 0.0824. The number of pyridine rings is 1. The lowest BCUT2D eigenvalue weighted by molar-refractivity contribution is -0.137. The number of alkyl halides is 3. The SMILES string of the molecule is OCCOc1ccc2cnn(-c3ncc(C(F)(F)F)cc3Cl)c2c1. The van der Waals surface area contributed by atoms with Gasteiger partial charge < -0.3 is 9.84 Å². The first-order chi connectivity index (χ1) is 11.4. The molecule has 3 rings (SSSR count). The number of nitrogens with zero attached hydrogens (tertiary/aromatic N) is 3. The van der Waals surface area contributed by atoms with E-state index in [4.69, 9.17) is 21.4 Å². The molecule has 0 amide bonds. The maximum absolute atomic E-state index is 12.7. The Bertz CT molecular complexity index is 880. The molecule has 0 aliphatic carbocycles. The lowest BCUT2D eigenvalue weighted by Crippen LogP contribution is -2.08. The van der Waals surface area contributed by atoms with Crippen LogP contribution in [0.5, 0.6) is 5.75 Å². The molecule has 0 radical (unpaired) electrons. The molecule has 0 aliphatic rings. The summed E-state index contributed by atoms with van der Waals surface area (Å²) in [7, 11) is 0. The maximum Gasteiger partial charge on any atom is 0.417 e. The highest BCUT2D eigenvalue weighted by molar-refractivity contribution is 6.32. The Morgan fingerprint density at radius 1 is 1.21 bits per heavy atom. The van der Waals surface area contributed by atoms with Crippen LogP contribution in [0.25, 0.3) is 16.7 Å². The molecule has 3 aromatic rings. The van der Waals surface area contributed by atoms with Gasteiger partial charge in [0, 0.05) is 17.6 Å². The molecule has 2 heterocycles. The summed E-state index contributed by atoms with van der Waals surface area (Å²) < 4.78 is 44.8. The molecule has 0 unspecified atom stereocenters. The van der Waals surface area contributed by atoms with Crippen LogP contribution in [0, 0.1) is 0 Å². The number of aromatic nitrogens is 3. The highest BCUT2D eigenvalue weighted by Crippen LogP contribution is 2.33. The summed E-state index contributed by atoms with van der Waals surface area (Å²) in [5, 5.41) is 13.5. The summed E-state index contributed by atoms with van der Waals surface area (Å²) in [5.74, 6) is 0.570. The van der Waals surface area contributed by atoms with Crippen LogP contribution < -0.4 is 4.74 Å². The van der Waals surface area contributed by atoms with Crippen molar-refractivity contribution in [2.45, 2.75) is 6.18 Å². The van der Waals surface area contributed by atoms with Crippen LogP contribution in [0.15, 0.2) is 36.7 Å². The molecule has 126 valence electrons. The van der Waals surface area contributed by atoms with Gasteiger partial charge in [-0.2, -0.15) is 18.3 Å². The van der Waals surface area contributed by atoms with Crippen molar-refractivity contribution in [1.29, 1.82) is 0 Å². The van der Waals surface area contributed by atoms with E-state index in [9.17, 15) is 13.2 Å². The standard InChI is InChI=1S/C15H11ClF3N3O2/c16-12-5-10(15(17,18)19)8-20-14(12)22-13-6-11(24-4-3-23)2-1-9(13)7-21-22/h1-2,5-8,23H,3-4H2. The van der Waals surface area contributed by atoms with Gasteiger partial charge in [-0.15, -0.1) is 0 Å². The number of fused-ring (bicyclic) bond motifs is 1. The second-order valence-electron chi connectivity index (χ2n) is 4.88. The topological polar surface area (TPSA) is 60.2 Å². The average Bonchev–Trinajstić information content (AvgIpc) is 2.95. The average molecular weight is 358 g/mol. The summed E-state index contributed by atoms with van der Waals surface area (Å²) in [6.45, 7) is -0.0114. The number of benzene rings is 1. The third-order valence-electron chi connectivity index (χ3n) is 3.25. The van der Waals surface area contributed by atoms with E-state index >= 15 is 0 Å². The smallest absolute Gasteiger partial charge is 0.417 e. The summed E-state index contributed by atoms with van der Waals surface area (Å²) in [4.78, 5) is 3.80. The molecule has 0 spiro atoms. The number of ether oxygens (including phenoxy) is 1. The minimum Gasteiger partial charge on any atom is -0.491 e. The van der Waals surface area contributed by atoms with Gasteiger partial charge in [0.15, 0.2) is 5.82 Å². The van der Waals surface area contributed by atoms with Gasteiger partial charge in [0.1, 0.15) is 12.4 Å². The molecule has 0 fully saturated rings. The van der Waals surface area contributed by atoms with Crippen molar-refractivity contribution in [3.63, 3.8) is 0 Å². The minimum atomic E-state index is -4.52. The Kier molecular flexibility index (Phi) is 4.33. The summed E-state index contributed by atoms with van der Waals surface area (Å²) in [5.41, 5.74) is -0.362. The van der Waals surface area contributed by atoms with Gasteiger partial charge in [-0.25, -0.2) is 9.67 Å². The van der Waals surface area contributed by atoms with Crippen molar-refractivity contribution in [3.8, 4) is 11.6 Å². The van der Waals surface area contributed by atoms with Crippen LogP contribution in [0.3, 0.4) is 0 Å². The van der Waals surface area contributed by atoms with E-state index in [2.05, 4.69) is 10.1 Å². The van der Waals surface area contributed by atoms with Crippen molar-refractivity contribution in [2.75, 3.05) is 13.2 Å². The maximum atomic E-state index is 12.7. The van der Waals surface area contributed by atoms with Crippen LogP contribution in [-0.2, 0) is 6.18 Å². The summed E-state index contributed by atoms with van der Waals surface area (Å²) in [6, 6.07) is 5.90. The Balaban J connectivity index is 2.06. The van der Waals surface area contributed by atoms with Crippen LogP contribution in [0.2, 0.25) is 5.02 Å². The molecule has 1 N–H and O–H groups in total. The molecule has 0 aliphatic heterocycles. The van der Waals surface area contributed by atoms with Gasteiger partial charge in [-0.1, -0.05) is 11.6 Å². The van der Waals surface area contributed by atoms with Crippen LogP contribution >= 0.6 is 11.6 Å². The van der Waals surface area contributed by atoms with E-state index < -0.39 is 11.7 Å². The first-order valence-electron chi connectivity index (χ1n) is 6.84. The second kappa shape index (κ2) is 6.29. The quantitative estimate of drug-likeness (QED) is 0.776. The molecule has 9 heteroatoms. The fourth-order valence-corrected chi connectivity index (χ4v) is 2.41. The molecule has 2 aromatic heterocycles. The largest absolute Gasteiger partial charge is 0.491 e. The Morgan fingerprint density at radius 2 is 2.00 bits per heavy atom. The van der Waals surface area contributed by atoms with Crippen molar-refractivity contribution < 1.29 is 23.0 Å². The first-order valence-corrected chi connectivity index (χ1v) is 7.22. The van der Waals surface area contributed by atoms with Gasteiger partial charge in [0.2, 0.25) is 0 Å². The molecule has 24 heavy (non-hydrogen) atoms. The number of halogens is 4. The van der Waals surface area contributed by atoms with E-state index in [0.717, 1.165) is 11.5 Å². The number of rotatable bonds is 4. The van der Waals surface area contributed by atoms with E-state index in [1.54, 1.807) is 24.4 Å². The van der Waals surface area contributed by atoms with Gasteiger partial charge in [-0.05, 0) is 18.2 Å². The van der Waals surface area contributed by atoms with E-state index in [1.165, 1.54) is 4.68 Å². The van der Waals surface area contributed by atoms with E-state index in [-0.39, 0.29) is 24.1 Å². The van der Waals surface area contributed by atoms with Gasteiger partial charge in [0.05, 0.1) is 28.9 Å². The second-order valence-corrected chi connectivity index (χ2v) is 5.28. The Morgan fingerprint density at radius 3 is 2.67 bits per heavy atom. The number of aliphatic hydroxyl groups is 1. The molecule has 0 atom stereocenters. The number of hydrogen-bond acceptors (Lipinski definition) is 4. The Hall–Kier alpha value is -2.32. The molecular weight excluding hydrogens is 347 g/mol. The van der Waals surface area contributed by atoms with Gasteiger partial charge >= 0.3 is 6.18 Å². The molecule has 0 saturated carbocycles. The molecular formula is C15H11ClF3N3O2. The molecule has 1 aromatic carbocycles. The predicted molar refractivity (Wildman–Crippen MR) is 81.5 cm³/mol. The first kappa shape index (κ1) is 16.5. The highest BCUT2D eigenvalue weighted by Gasteiger charge is 2.31. The normalized spacial score (nSPS) is 11.9. The van der Waals surface area contributed by atoms with E-state index in [0.29, 0.717) is 17.5 Å². The van der Waals surface area contributed by atoms with Gasteiger partial charge in [-0.3, -0.25) is 0 Å². The molecule has 5 nitrogen and oxygen atoms in total. The predicted octanol–water partition coefficient (Wildman–Crippen LogP) is 3.46. The van der Waals surface area contributed by atoms with Crippen LogP contribution in [-0.4, -0.2) is 33.1 Å². The Labute approximate surface area is 139 Å². The van der Waals surface area contributed by atoms with Crippen molar-refractivity contribution in [1.82, 2.24) is 14.8 Å². The zero-order valence-corrected chi connectivity index (χ0v) is 12.8. The number of hydrogen-bond donors (Lipinski definition) is 1. The lowest BCUT2D eigenvalue weighted by atomic mass is 10.2. The fraction of sp³-hybridized carbons (Fsp3) is 0.200. The van der Waals surface area contributed by atoms with Crippen LogP contribution in [0.1, 0.15) is 5.56 Å². The fourth-order valence-electron chi connectivity index (χ4n) is 2.16. The lowest BCUT2D eigenvalue weighted by Gasteiger charge is -2.10. The zero-order valence-electron chi connectivity index (χ0n) is 12.1. The summed E-state index contributed by atoms with van der Waals surface area (Å²) >= 11 is 5.96. The van der Waals surface area contributed by atoms with Crippen molar-refractivity contribution >= 4 is 22.5 Å².